The Bertz CT molecular complexity index is 1180. The molecule has 3 aliphatic rings. The van der Waals surface area contributed by atoms with Gasteiger partial charge in [-0.25, -0.2) is 14.6 Å². The fourth-order valence-electron chi connectivity index (χ4n) is 6.15. The Labute approximate surface area is 229 Å². The summed E-state index contributed by atoms with van der Waals surface area (Å²) in [6, 6.07) is 6.71. The Morgan fingerprint density at radius 1 is 1.10 bits per heavy atom. The lowest BCUT2D eigenvalue weighted by atomic mass is 9.83. The number of alkyl carbamates (subject to hydrolysis) is 1. The average Bonchev–Trinajstić information content (AvgIpc) is 3.37. The van der Waals surface area contributed by atoms with Gasteiger partial charge in [-0.15, -0.1) is 0 Å². The molecule has 2 aromatic rings. The Morgan fingerprint density at radius 2 is 1.92 bits per heavy atom. The molecule has 5 rings (SSSR count). The van der Waals surface area contributed by atoms with Crippen LogP contribution in [0, 0.1) is 5.92 Å². The third kappa shape index (κ3) is 6.45. The van der Waals surface area contributed by atoms with E-state index in [1.165, 1.54) is 5.56 Å². The van der Waals surface area contributed by atoms with Gasteiger partial charge in [-0.05, 0) is 74.4 Å². The van der Waals surface area contributed by atoms with Gasteiger partial charge in [0.1, 0.15) is 18.2 Å². The first-order valence-electron chi connectivity index (χ1n) is 14.5. The van der Waals surface area contributed by atoms with Gasteiger partial charge in [-0.3, -0.25) is 4.79 Å². The molecule has 9 nitrogen and oxygen atoms in total. The minimum absolute atomic E-state index is 0.00892. The molecule has 4 bridgehead atoms. The van der Waals surface area contributed by atoms with Crippen molar-refractivity contribution in [2.45, 2.75) is 89.3 Å². The minimum Gasteiger partial charge on any atom is -0.472 e. The van der Waals surface area contributed by atoms with E-state index < -0.39 is 30.3 Å². The Morgan fingerprint density at radius 3 is 2.74 bits per heavy atom. The zero-order chi connectivity index (χ0) is 27.2. The summed E-state index contributed by atoms with van der Waals surface area (Å²) < 4.78 is 17.2. The topological polar surface area (TPSA) is 107 Å². The average molecular weight is 538 g/mol. The molecule has 0 radical (unpaired) electrons. The predicted octanol–water partition coefficient (Wildman–Crippen LogP) is 4.55. The second-order valence-corrected chi connectivity index (χ2v) is 10.9. The summed E-state index contributed by atoms with van der Waals surface area (Å²) in [6.45, 7) is 2.47. The van der Waals surface area contributed by atoms with E-state index in [2.05, 4.69) is 28.5 Å². The molecule has 2 aliphatic heterocycles. The lowest BCUT2D eigenvalue weighted by molar-refractivity contribution is -0.154. The molecular formula is C30H39N3O6. The lowest BCUT2D eigenvalue weighted by Gasteiger charge is -2.34. The first-order chi connectivity index (χ1) is 19.0. The summed E-state index contributed by atoms with van der Waals surface area (Å²) in [5, 5.41) is 4.83. The van der Waals surface area contributed by atoms with E-state index in [1.54, 1.807) is 18.0 Å². The zero-order valence-electron chi connectivity index (χ0n) is 22.7. The van der Waals surface area contributed by atoms with Crippen LogP contribution in [-0.4, -0.2) is 65.8 Å². The van der Waals surface area contributed by atoms with Crippen molar-refractivity contribution in [2.24, 2.45) is 5.92 Å². The smallest absolute Gasteiger partial charge is 0.407 e. The van der Waals surface area contributed by atoms with Crippen LogP contribution >= 0.6 is 0 Å². The molecular weight excluding hydrogens is 498 g/mol. The number of hydrogen-bond donors (Lipinski definition) is 1. The van der Waals surface area contributed by atoms with Crippen LogP contribution in [0.4, 0.5) is 4.79 Å². The third-order valence-corrected chi connectivity index (χ3v) is 8.18. The van der Waals surface area contributed by atoms with E-state index in [0.717, 1.165) is 68.6 Å². The molecule has 3 atom stereocenters. The van der Waals surface area contributed by atoms with Crippen LogP contribution in [0.25, 0.3) is 10.8 Å². The fourth-order valence-corrected chi connectivity index (χ4v) is 6.15. The molecule has 2 amide bonds. The van der Waals surface area contributed by atoms with Crippen LogP contribution in [-0.2, 0) is 25.5 Å². The highest BCUT2D eigenvalue weighted by Gasteiger charge is 2.45. The number of carbonyl (C=O) groups excluding carboxylic acids is 3. The molecule has 1 aromatic carbocycles. The summed E-state index contributed by atoms with van der Waals surface area (Å²) >= 11 is 0. The molecule has 0 unspecified atom stereocenters. The van der Waals surface area contributed by atoms with Gasteiger partial charge in [0.25, 0.3) is 0 Å². The van der Waals surface area contributed by atoms with Gasteiger partial charge in [0, 0.05) is 18.0 Å². The first-order valence-corrected chi connectivity index (χ1v) is 14.5. The summed E-state index contributed by atoms with van der Waals surface area (Å²) in [5.41, 5.74) is 1.18. The Balaban J connectivity index is 1.47. The maximum Gasteiger partial charge on any atom is 0.407 e. The number of esters is 1. The van der Waals surface area contributed by atoms with Crippen LogP contribution in [0.1, 0.15) is 70.3 Å². The fraction of sp³-hybridized carbons (Fsp3) is 0.600. The van der Waals surface area contributed by atoms with E-state index in [1.807, 2.05) is 6.07 Å². The number of aromatic nitrogens is 1. The number of rotatable bonds is 3. The largest absolute Gasteiger partial charge is 0.472 e. The zero-order valence-corrected chi connectivity index (χ0v) is 22.7. The maximum absolute atomic E-state index is 14.1. The van der Waals surface area contributed by atoms with E-state index in [0.29, 0.717) is 18.9 Å². The summed E-state index contributed by atoms with van der Waals surface area (Å²) in [7, 11) is 0. The predicted molar refractivity (Wildman–Crippen MR) is 145 cm³/mol. The number of hydrogen-bond acceptors (Lipinski definition) is 7. The molecule has 9 heteroatoms. The minimum atomic E-state index is -0.793. The van der Waals surface area contributed by atoms with Gasteiger partial charge in [0.2, 0.25) is 11.8 Å². The normalized spacial score (nSPS) is 25.4. The number of cyclic esters (lactones) is 1. The number of pyridine rings is 1. The van der Waals surface area contributed by atoms with Crippen molar-refractivity contribution in [3.63, 3.8) is 0 Å². The second kappa shape index (κ2) is 12.7. The third-order valence-electron chi connectivity index (χ3n) is 8.18. The number of aryl methyl sites for hydroxylation is 1. The molecule has 210 valence electrons. The van der Waals surface area contributed by atoms with Crippen molar-refractivity contribution >= 4 is 28.7 Å². The Hall–Kier alpha value is -3.36. The maximum atomic E-state index is 14.1. The van der Waals surface area contributed by atoms with Crippen molar-refractivity contribution in [1.82, 2.24) is 15.2 Å². The molecule has 1 saturated heterocycles. The number of amides is 2. The van der Waals surface area contributed by atoms with E-state index in [9.17, 15) is 14.4 Å². The van der Waals surface area contributed by atoms with Crippen molar-refractivity contribution < 1.29 is 28.6 Å². The summed E-state index contributed by atoms with van der Waals surface area (Å²) in [6.07, 6.45) is 9.35. The number of nitrogens with one attached hydrogen (secondary N) is 1. The van der Waals surface area contributed by atoms with Crippen molar-refractivity contribution in [3.05, 3.63) is 36.0 Å². The highest BCUT2D eigenvalue weighted by Crippen LogP contribution is 2.32. The van der Waals surface area contributed by atoms with Gasteiger partial charge < -0.3 is 24.4 Å². The SMILES string of the molecule is CCOC(=O)[C@@H]1C[C@@H]2CN1C(=O)[C@H](C1CCCCC1)NC(=O)OCCCCCc1ccc3ccnc(c3c1)O2. The summed E-state index contributed by atoms with van der Waals surface area (Å²) in [5.74, 6) is -0.244. The number of carbonyl (C=O) groups is 3. The second-order valence-electron chi connectivity index (χ2n) is 10.9. The quantitative estimate of drug-likeness (QED) is 0.573. The molecule has 3 heterocycles. The summed E-state index contributed by atoms with van der Waals surface area (Å²) in [4.78, 5) is 46.0. The van der Waals surface area contributed by atoms with E-state index >= 15 is 0 Å². The van der Waals surface area contributed by atoms with Crippen LogP contribution in [0.3, 0.4) is 0 Å². The number of fused-ring (bicyclic) bond motifs is 3. The van der Waals surface area contributed by atoms with Crippen LogP contribution in [0.2, 0.25) is 0 Å². The highest BCUT2D eigenvalue weighted by molar-refractivity contribution is 5.91. The monoisotopic (exact) mass is 537 g/mol. The van der Waals surface area contributed by atoms with Crippen LogP contribution in [0.5, 0.6) is 5.88 Å². The van der Waals surface area contributed by atoms with E-state index in [4.69, 9.17) is 14.2 Å². The van der Waals surface area contributed by atoms with Gasteiger partial charge in [-0.2, -0.15) is 0 Å². The Kier molecular flexibility index (Phi) is 8.84. The van der Waals surface area contributed by atoms with E-state index in [-0.39, 0.29) is 25.0 Å². The molecule has 1 N–H and O–H groups in total. The molecule has 0 spiro atoms. The molecule has 39 heavy (non-hydrogen) atoms. The standard InChI is InChI=1S/C30H39N3O6/c1-2-37-29(35)25-18-23-19-33(25)28(34)26(22-10-6-3-7-11-22)32-30(36)38-16-8-4-5-9-20-12-13-21-14-15-31-27(39-23)24(21)17-20/h12-15,17,22-23,25-26H,2-11,16,18-19H2,1H3,(H,32,36)/t23-,25+,26+/m1/s1. The van der Waals surface area contributed by atoms with Crippen LogP contribution in [0.15, 0.2) is 30.5 Å². The number of nitrogens with zero attached hydrogens (tertiary/aromatic N) is 2. The molecule has 2 fully saturated rings. The van der Waals surface area contributed by atoms with Crippen LogP contribution < -0.4 is 10.1 Å². The number of benzene rings is 1. The molecule has 1 aliphatic carbocycles. The highest BCUT2D eigenvalue weighted by atomic mass is 16.5. The first kappa shape index (κ1) is 27.2. The van der Waals surface area contributed by atoms with Gasteiger partial charge in [0.15, 0.2) is 0 Å². The van der Waals surface area contributed by atoms with Crippen molar-refractivity contribution in [1.29, 1.82) is 0 Å². The van der Waals surface area contributed by atoms with Gasteiger partial charge in [-0.1, -0.05) is 31.4 Å². The van der Waals surface area contributed by atoms with Crippen molar-refractivity contribution in [2.75, 3.05) is 19.8 Å². The number of ether oxygens (including phenoxy) is 3. The lowest BCUT2D eigenvalue weighted by Crippen LogP contribution is -2.55. The van der Waals surface area contributed by atoms with Crippen molar-refractivity contribution in [3.8, 4) is 5.88 Å². The van der Waals surface area contributed by atoms with Gasteiger partial charge >= 0.3 is 12.1 Å². The van der Waals surface area contributed by atoms with Gasteiger partial charge in [0.05, 0.1) is 19.8 Å². The molecule has 1 saturated carbocycles. The molecule has 1 aromatic heterocycles.